The molecule has 1 amide bonds. The minimum Gasteiger partial charge on any atom is -0.465 e. The van der Waals surface area contributed by atoms with Gasteiger partial charge in [-0.1, -0.05) is 0 Å². The molecule has 0 bridgehead atoms. The first-order valence-electron chi connectivity index (χ1n) is 6.95. The Labute approximate surface area is 125 Å². The topological polar surface area (TPSA) is 90.9 Å². The van der Waals surface area contributed by atoms with Crippen LogP contribution in [0.1, 0.15) is 41.5 Å². The van der Waals surface area contributed by atoms with Gasteiger partial charge in [0.05, 0.1) is 19.3 Å². The molecule has 0 rings (SSSR count). The molecular weight excluding hydrogens is 278 g/mol. The minimum atomic E-state index is -1.22. The number of amides is 1. The number of nitrogens with one attached hydrogen (secondary N) is 1. The molecular formula is C14H25NO6. The van der Waals surface area contributed by atoms with Crippen LogP contribution < -0.4 is 5.32 Å². The van der Waals surface area contributed by atoms with Crippen LogP contribution in [0.3, 0.4) is 0 Å². The second kappa shape index (κ2) is 8.49. The first-order valence-corrected chi connectivity index (χ1v) is 6.95. The van der Waals surface area contributed by atoms with Gasteiger partial charge in [-0.25, -0.2) is 4.79 Å². The second-order valence-electron chi connectivity index (χ2n) is 5.42. The van der Waals surface area contributed by atoms with Crippen molar-refractivity contribution >= 4 is 18.0 Å². The van der Waals surface area contributed by atoms with E-state index in [0.717, 1.165) is 0 Å². The lowest BCUT2D eigenvalue weighted by Crippen LogP contribution is -2.47. The molecule has 0 aromatic carbocycles. The maximum Gasteiger partial charge on any atom is 0.407 e. The average molecular weight is 303 g/mol. The lowest BCUT2D eigenvalue weighted by atomic mass is 10.0. The van der Waals surface area contributed by atoms with Crippen molar-refractivity contribution in [3.63, 3.8) is 0 Å². The molecule has 0 saturated heterocycles. The van der Waals surface area contributed by atoms with Crippen LogP contribution in [0.5, 0.6) is 0 Å². The van der Waals surface area contributed by atoms with Crippen LogP contribution in [0.25, 0.3) is 0 Å². The van der Waals surface area contributed by atoms with Crippen LogP contribution in [0.4, 0.5) is 4.79 Å². The molecule has 0 aliphatic rings. The van der Waals surface area contributed by atoms with E-state index in [2.05, 4.69) is 5.32 Å². The lowest BCUT2D eigenvalue weighted by molar-refractivity contribution is -0.162. The first kappa shape index (κ1) is 19.2. The molecule has 7 nitrogen and oxygen atoms in total. The van der Waals surface area contributed by atoms with Gasteiger partial charge in [0.1, 0.15) is 5.60 Å². The second-order valence-corrected chi connectivity index (χ2v) is 5.42. The van der Waals surface area contributed by atoms with Crippen LogP contribution in [0.15, 0.2) is 0 Å². The van der Waals surface area contributed by atoms with Crippen molar-refractivity contribution in [1.82, 2.24) is 5.32 Å². The molecule has 0 saturated carbocycles. The molecule has 0 spiro atoms. The van der Waals surface area contributed by atoms with Crippen molar-refractivity contribution in [3.05, 3.63) is 0 Å². The zero-order valence-electron chi connectivity index (χ0n) is 13.5. The Bertz CT molecular complexity index is 356. The summed E-state index contributed by atoms with van der Waals surface area (Å²) in [4.78, 5) is 35.4. The van der Waals surface area contributed by atoms with E-state index in [1.807, 2.05) is 0 Å². The quantitative estimate of drug-likeness (QED) is 0.456. The van der Waals surface area contributed by atoms with Gasteiger partial charge in [0.15, 0.2) is 5.92 Å². The van der Waals surface area contributed by atoms with Crippen molar-refractivity contribution in [2.75, 3.05) is 13.2 Å². The number of esters is 2. The summed E-state index contributed by atoms with van der Waals surface area (Å²) in [5.41, 5.74) is -0.673. The molecule has 0 aliphatic carbocycles. The van der Waals surface area contributed by atoms with Crippen LogP contribution in [0.2, 0.25) is 0 Å². The van der Waals surface area contributed by atoms with E-state index in [0.29, 0.717) is 0 Å². The van der Waals surface area contributed by atoms with Gasteiger partial charge in [0.25, 0.3) is 0 Å². The highest BCUT2D eigenvalue weighted by Gasteiger charge is 2.36. The van der Waals surface area contributed by atoms with Crippen LogP contribution in [-0.4, -0.2) is 42.9 Å². The summed E-state index contributed by atoms with van der Waals surface area (Å²) in [6, 6.07) is -0.807. The van der Waals surface area contributed by atoms with Crippen molar-refractivity contribution < 1.29 is 28.6 Å². The summed E-state index contributed by atoms with van der Waals surface area (Å²) in [7, 11) is 0. The predicted molar refractivity (Wildman–Crippen MR) is 75.6 cm³/mol. The number of alkyl carbamates (subject to hydrolysis) is 1. The number of hydrogen-bond donors (Lipinski definition) is 1. The predicted octanol–water partition coefficient (Wildman–Crippen LogP) is 1.64. The molecule has 0 fully saturated rings. The number of carbonyl (C=O) groups is 3. The normalized spacial score (nSPS) is 12.5. The number of hydrogen-bond acceptors (Lipinski definition) is 6. The molecule has 1 N–H and O–H groups in total. The van der Waals surface area contributed by atoms with Gasteiger partial charge in [-0.15, -0.1) is 0 Å². The molecule has 0 aliphatic heterocycles. The van der Waals surface area contributed by atoms with E-state index >= 15 is 0 Å². The van der Waals surface area contributed by atoms with Gasteiger partial charge in [0, 0.05) is 0 Å². The summed E-state index contributed by atoms with van der Waals surface area (Å²) in [6.07, 6.45) is -0.714. The van der Waals surface area contributed by atoms with Gasteiger partial charge >= 0.3 is 18.0 Å². The van der Waals surface area contributed by atoms with Crippen molar-refractivity contribution in [1.29, 1.82) is 0 Å². The summed E-state index contributed by atoms with van der Waals surface area (Å²) < 4.78 is 14.8. The summed E-state index contributed by atoms with van der Waals surface area (Å²) in [6.45, 7) is 10.2. The van der Waals surface area contributed by atoms with Gasteiger partial charge in [-0.2, -0.15) is 0 Å². The SMILES string of the molecule is CCOC(=O)C(C(=O)OCC)C(C)NC(=O)OC(C)(C)C. The van der Waals surface area contributed by atoms with E-state index in [-0.39, 0.29) is 13.2 Å². The fourth-order valence-electron chi connectivity index (χ4n) is 1.55. The zero-order chi connectivity index (χ0) is 16.6. The Hall–Kier alpha value is -1.79. The van der Waals surface area contributed by atoms with Gasteiger partial charge in [-0.05, 0) is 41.5 Å². The van der Waals surface area contributed by atoms with Crippen LogP contribution in [-0.2, 0) is 23.8 Å². The Kier molecular flexibility index (Phi) is 7.76. The van der Waals surface area contributed by atoms with E-state index in [9.17, 15) is 14.4 Å². The molecule has 7 heteroatoms. The van der Waals surface area contributed by atoms with Gasteiger partial charge in [-0.3, -0.25) is 9.59 Å². The maximum atomic E-state index is 11.9. The van der Waals surface area contributed by atoms with E-state index in [1.165, 1.54) is 6.92 Å². The standard InChI is InChI=1S/C14H25NO6/c1-7-19-11(16)10(12(17)20-8-2)9(3)15-13(18)21-14(4,5)6/h9-10H,7-8H2,1-6H3,(H,15,18). The highest BCUT2D eigenvalue weighted by molar-refractivity contribution is 5.96. The van der Waals surface area contributed by atoms with E-state index in [1.54, 1.807) is 34.6 Å². The molecule has 0 heterocycles. The molecule has 0 radical (unpaired) electrons. The summed E-state index contributed by atoms with van der Waals surface area (Å²) >= 11 is 0. The van der Waals surface area contributed by atoms with Crippen molar-refractivity contribution in [3.8, 4) is 0 Å². The van der Waals surface area contributed by atoms with Crippen molar-refractivity contribution in [2.24, 2.45) is 5.92 Å². The lowest BCUT2D eigenvalue weighted by Gasteiger charge is -2.24. The molecule has 0 aromatic rings. The third-order valence-corrected chi connectivity index (χ3v) is 2.33. The van der Waals surface area contributed by atoms with Gasteiger partial charge in [0.2, 0.25) is 0 Å². The highest BCUT2D eigenvalue weighted by atomic mass is 16.6. The third kappa shape index (κ3) is 7.53. The maximum absolute atomic E-state index is 11.9. The molecule has 122 valence electrons. The minimum absolute atomic E-state index is 0.133. The first-order chi connectivity index (χ1) is 9.62. The monoisotopic (exact) mass is 303 g/mol. The Balaban J connectivity index is 4.86. The summed E-state index contributed by atoms with van der Waals surface area (Å²) in [5.74, 6) is -2.70. The number of ether oxygens (including phenoxy) is 3. The number of rotatable bonds is 6. The third-order valence-electron chi connectivity index (χ3n) is 2.33. The fraction of sp³-hybridized carbons (Fsp3) is 0.786. The fourth-order valence-corrected chi connectivity index (χ4v) is 1.55. The van der Waals surface area contributed by atoms with Crippen LogP contribution >= 0.6 is 0 Å². The number of carbonyl (C=O) groups excluding carboxylic acids is 3. The van der Waals surface area contributed by atoms with E-state index < -0.39 is 35.6 Å². The van der Waals surface area contributed by atoms with Crippen molar-refractivity contribution in [2.45, 2.75) is 53.2 Å². The molecule has 1 atom stereocenters. The molecule has 0 aromatic heterocycles. The Morgan fingerprint density at radius 1 is 1.00 bits per heavy atom. The molecule has 1 unspecified atom stereocenters. The largest absolute Gasteiger partial charge is 0.465 e. The molecule has 21 heavy (non-hydrogen) atoms. The Morgan fingerprint density at radius 3 is 1.76 bits per heavy atom. The average Bonchev–Trinajstić information content (AvgIpc) is 2.26. The van der Waals surface area contributed by atoms with Crippen LogP contribution in [0, 0.1) is 5.92 Å². The summed E-state index contributed by atoms with van der Waals surface area (Å²) in [5, 5.41) is 2.45. The van der Waals surface area contributed by atoms with E-state index in [4.69, 9.17) is 14.2 Å². The smallest absolute Gasteiger partial charge is 0.407 e. The zero-order valence-corrected chi connectivity index (χ0v) is 13.5. The van der Waals surface area contributed by atoms with Gasteiger partial charge < -0.3 is 19.5 Å². The highest BCUT2D eigenvalue weighted by Crippen LogP contribution is 2.12. The Morgan fingerprint density at radius 2 is 1.43 bits per heavy atom.